The number of carbonyl (C=O) groups is 1. The summed E-state index contributed by atoms with van der Waals surface area (Å²) in [5.41, 5.74) is 3.80. The molecule has 0 saturated heterocycles. The number of carbonyl (C=O) groups excluding carboxylic acids is 1. The second kappa shape index (κ2) is 7.37. The predicted octanol–water partition coefficient (Wildman–Crippen LogP) is 2.93. The van der Waals surface area contributed by atoms with Gasteiger partial charge in [0.1, 0.15) is 9.90 Å². The Balaban J connectivity index is 2.16. The van der Waals surface area contributed by atoms with Crippen LogP contribution in [0.15, 0.2) is 16.3 Å². The van der Waals surface area contributed by atoms with Gasteiger partial charge in [0.05, 0.1) is 11.4 Å². The third-order valence-electron chi connectivity index (χ3n) is 3.16. The van der Waals surface area contributed by atoms with Crippen molar-refractivity contribution in [3.05, 3.63) is 43.3 Å². The lowest BCUT2D eigenvalue weighted by Crippen LogP contribution is -2.42. The summed E-state index contributed by atoms with van der Waals surface area (Å²) in [5.74, 6) is -0.527. The standard InChI is InChI=1S/C14H15Cl2N3O3S2/c1-7-4-10(15)9(3)14(13(7)16)24(21,22)19-18-11(20)5-12-17-8(2)6-23-12/h4,6,19H,5H2,1-3H3,(H,18,20). The molecule has 2 aromatic rings. The molecule has 0 bridgehead atoms. The number of benzene rings is 1. The number of hydrogen-bond acceptors (Lipinski definition) is 5. The third-order valence-corrected chi connectivity index (χ3v) is 6.54. The van der Waals surface area contributed by atoms with Crippen molar-refractivity contribution in [2.45, 2.75) is 32.1 Å². The number of aromatic nitrogens is 1. The highest BCUT2D eigenvalue weighted by molar-refractivity contribution is 7.89. The molecular weight excluding hydrogens is 393 g/mol. The third kappa shape index (κ3) is 4.25. The zero-order valence-electron chi connectivity index (χ0n) is 13.1. The highest BCUT2D eigenvalue weighted by Gasteiger charge is 2.24. The van der Waals surface area contributed by atoms with Crippen LogP contribution in [0.4, 0.5) is 0 Å². The van der Waals surface area contributed by atoms with E-state index >= 15 is 0 Å². The molecule has 6 nitrogen and oxygen atoms in total. The molecule has 10 heteroatoms. The van der Waals surface area contributed by atoms with Crippen molar-refractivity contribution in [1.29, 1.82) is 0 Å². The fourth-order valence-corrected chi connectivity index (χ4v) is 4.82. The molecule has 0 fully saturated rings. The molecule has 1 heterocycles. The van der Waals surface area contributed by atoms with E-state index < -0.39 is 15.9 Å². The monoisotopic (exact) mass is 407 g/mol. The van der Waals surface area contributed by atoms with Gasteiger partial charge in [0.2, 0.25) is 5.91 Å². The number of nitrogens with one attached hydrogen (secondary N) is 2. The van der Waals surface area contributed by atoms with Gasteiger partial charge in [0.15, 0.2) is 0 Å². The van der Waals surface area contributed by atoms with Gasteiger partial charge < -0.3 is 0 Å². The van der Waals surface area contributed by atoms with Crippen LogP contribution in [0, 0.1) is 20.8 Å². The molecule has 0 aliphatic heterocycles. The van der Waals surface area contributed by atoms with Crippen molar-refractivity contribution >= 4 is 50.5 Å². The van der Waals surface area contributed by atoms with E-state index in [0.717, 1.165) is 5.69 Å². The lowest BCUT2D eigenvalue weighted by atomic mass is 10.2. The van der Waals surface area contributed by atoms with E-state index in [-0.39, 0.29) is 21.4 Å². The summed E-state index contributed by atoms with van der Waals surface area (Å²) in [6.45, 7) is 5.01. The minimum absolute atomic E-state index is 0.0255. The minimum atomic E-state index is -4.06. The minimum Gasteiger partial charge on any atom is -0.277 e. The number of nitrogens with zero attached hydrogens (tertiary/aromatic N) is 1. The van der Waals surface area contributed by atoms with Crippen LogP contribution >= 0.6 is 34.5 Å². The first-order chi connectivity index (χ1) is 11.1. The summed E-state index contributed by atoms with van der Waals surface area (Å²) in [5, 5.41) is 2.75. The van der Waals surface area contributed by atoms with E-state index in [4.69, 9.17) is 23.2 Å². The Labute approximate surface area is 154 Å². The van der Waals surface area contributed by atoms with Crippen LogP contribution in [-0.4, -0.2) is 19.3 Å². The van der Waals surface area contributed by atoms with Crippen LogP contribution in [0.25, 0.3) is 0 Å². The molecule has 24 heavy (non-hydrogen) atoms. The Hall–Kier alpha value is -1.19. The van der Waals surface area contributed by atoms with Crippen molar-refractivity contribution in [3.63, 3.8) is 0 Å². The van der Waals surface area contributed by atoms with Crippen LogP contribution in [0.1, 0.15) is 21.8 Å². The summed E-state index contributed by atoms with van der Waals surface area (Å²) in [6, 6.07) is 1.58. The normalized spacial score (nSPS) is 11.5. The molecule has 0 spiro atoms. The van der Waals surface area contributed by atoms with Crippen molar-refractivity contribution in [3.8, 4) is 0 Å². The van der Waals surface area contributed by atoms with Gasteiger partial charge in [-0.25, -0.2) is 13.4 Å². The maximum absolute atomic E-state index is 12.5. The van der Waals surface area contributed by atoms with Crippen LogP contribution in [0.3, 0.4) is 0 Å². The van der Waals surface area contributed by atoms with Crippen LogP contribution < -0.4 is 10.3 Å². The molecule has 0 aliphatic rings. The van der Waals surface area contributed by atoms with E-state index in [1.165, 1.54) is 11.3 Å². The lowest BCUT2D eigenvalue weighted by Gasteiger charge is -2.14. The van der Waals surface area contributed by atoms with Crippen LogP contribution in [0.2, 0.25) is 10.0 Å². The number of thiazole rings is 1. The van der Waals surface area contributed by atoms with E-state index in [0.29, 0.717) is 16.1 Å². The van der Waals surface area contributed by atoms with E-state index in [9.17, 15) is 13.2 Å². The number of hydrazine groups is 1. The molecule has 0 radical (unpaired) electrons. The van der Waals surface area contributed by atoms with Crippen molar-refractivity contribution in [2.75, 3.05) is 0 Å². The Bertz CT molecular complexity index is 869. The Kier molecular flexibility index (Phi) is 5.87. The van der Waals surface area contributed by atoms with Crippen molar-refractivity contribution in [2.24, 2.45) is 0 Å². The fraction of sp³-hybridized carbons (Fsp3) is 0.286. The molecule has 1 amide bonds. The van der Waals surface area contributed by atoms with E-state index in [2.05, 4.69) is 10.4 Å². The quantitative estimate of drug-likeness (QED) is 0.745. The predicted molar refractivity (Wildman–Crippen MR) is 95.0 cm³/mol. The molecule has 2 rings (SSSR count). The number of sulfonamides is 1. The largest absolute Gasteiger partial charge is 0.277 e. The van der Waals surface area contributed by atoms with E-state index in [1.54, 1.807) is 19.9 Å². The Morgan fingerprint density at radius 3 is 2.54 bits per heavy atom. The first-order valence-electron chi connectivity index (χ1n) is 6.78. The van der Waals surface area contributed by atoms with Gasteiger partial charge in [-0.3, -0.25) is 10.2 Å². The van der Waals surface area contributed by atoms with Gasteiger partial charge in [0.25, 0.3) is 10.0 Å². The number of hydrogen-bond donors (Lipinski definition) is 2. The maximum Gasteiger partial charge on any atom is 0.259 e. The van der Waals surface area contributed by atoms with Gasteiger partial charge in [-0.05, 0) is 38.0 Å². The number of halogens is 2. The van der Waals surface area contributed by atoms with Gasteiger partial charge in [0, 0.05) is 16.1 Å². The van der Waals surface area contributed by atoms with Crippen molar-refractivity contribution < 1.29 is 13.2 Å². The molecule has 0 unspecified atom stereocenters. The van der Waals surface area contributed by atoms with Gasteiger partial charge >= 0.3 is 0 Å². The molecule has 0 atom stereocenters. The number of rotatable bonds is 5. The zero-order valence-corrected chi connectivity index (χ0v) is 16.3. The number of amides is 1. The Morgan fingerprint density at radius 2 is 1.96 bits per heavy atom. The zero-order chi connectivity index (χ0) is 18.1. The fourth-order valence-electron chi connectivity index (χ4n) is 1.97. The number of aryl methyl sites for hydroxylation is 2. The summed E-state index contributed by atoms with van der Waals surface area (Å²) < 4.78 is 24.9. The first kappa shape index (κ1) is 19.1. The molecule has 2 N–H and O–H groups in total. The van der Waals surface area contributed by atoms with Gasteiger partial charge in [-0.1, -0.05) is 23.2 Å². The maximum atomic E-state index is 12.5. The summed E-state index contributed by atoms with van der Waals surface area (Å²) in [7, 11) is -4.06. The smallest absolute Gasteiger partial charge is 0.259 e. The molecule has 0 aliphatic carbocycles. The highest BCUT2D eigenvalue weighted by atomic mass is 35.5. The van der Waals surface area contributed by atoms with E-state index in [1.807, 2.05) is 17.1 Å². The van der Waals surface area contributed by atoms with Gasteiger partial charge in [-0.2, -0.15) is 0 Å². The molecular formula is C14H15Cl2N3O3S2. The molecule has 1 aromatic heterocycles. The highest BCUT2D eigenvalue weighted by Crippen LogP contribution is 2.33. The van der Waals surface area contributed by atoms with Crippen molar-refractivity contribution in [1.82, 2.24) is 15.2 Å². The summed E-state index contributed by atoms with van der Waals surface area (Å²) in [4.78, 5) is 17.9. The SMILES string of the molecule is Cc1csc(CC(=O)NNS(=O)(=O)c2c(C)c(Cl)cc(C)c2Cl)n1. The van der Waals surface area contributed by atoms with Crippen LogP contribution in [0.5, 0.6) is 0 Å². The lowest BCUT2D eigenvalue weighted by molar-refractivity contribution is -0.120. The average Bonchev–Trinajstić information content (AvgIpc) is 2.88. The molecule has 0 saturated carbocycles. The van der Waals surface area contributed by atoms with Gasteiger partial charge in [-0.15, -0.1) is 16.2 Å². The second-order valence-electron chi connectivity index (χ2n) is 5.16. The first-order valence-corrected chi connectivity index (χ1v) is 9.90. The van der Waals surface area contributed by atoms with Crippen LogP contribution in [-0.2, 0) is 21.2 Å². The Morgan fingerprint density at radius 1 is 1.29 bits per heavy atom. The molecule has 1 aromatic carbocycles. The summed E-state index contributed by atoms with van der Waals surface area (Å²) >= 11 is 13.5. The molecule has 130 valence electrons. The topological polar surface area (TPSA) is 88.2 Å². The summed E-state index contributed by atoms with van der Waals surface area (Å²) in [6.07, 6.45) is -0.0255. The average molecular weight is 408 g/mol. The second-order valence-corrected chi connectivity index (χ2v) is 8.50.